The zero-order valence-corrected chi connectivity index (χ0v) is 9.35. The fourth-order valence-corrected chi connectivity index (χ4v) is 1.61. The molecule has 1 fully saturated rings. The average molecular weight is 220 g/mol. The van der Waals surface area contributed by atoms with Gasteiger partial charge >= 0.3 is 0 Å². The van der Waals surface area contributed by atoms with E-state index in [4.69, 9.17) is 16.3 Å². The molecule has 0 aliphatic carbocycles. The number of nitrogens with one attached hydrogen (secondary N) is 1. The molecule has 1 aliphatic rings. The van der Waals surface area contributed by atoms with Crippen LogP contribution in [-0.2, 0) is 9.53 Å². The number of carbonyl (C=O) groups excluding carboxylic acids is 1. The van der Waals surface area contributed by atoms with Crippen molar-refractivity contribution in [3.05, 3.63) is 0 Å². The minimum absolute atomic E-state index is 0.0949. The van der Waals surface area contributed by atoms with Gasteiger partial charge in [-0.1, -0.05) is 0 Å². The highest BCUT2D eigenvalue weighted by molar-refractivity contribution is 6.30. The van der Waals surface area contributed by atoms with Crippen LogP contribution in [0.25, 0.3) is 0 Å². The number of ether oxygens (including phenoxy) is 1. The van der Waals surface area contributed by atoms with E-state index in [1.54, 1.807) is 6.92 Å². The Bertz CT molecular complexity index is 179. The fourth-order valence-electron chi connectivity index (χ4n) is 1.53. The Hall–Kier alpha value is -0.280. The van der Waals surface area contributed by atoms with Crippen LogP contribution in [0.1, 0.15) is 32.6 Å². The number of halogens is 1. The van der Waals surface area contributed by atoms with Gasteiger partial charge in [-0.15, -0.1) is 11.6 Å². The van der Waals surface area contributed by atoms with E-state index in [1.165, 1.54) is 12.8 Å². The molecule has 0 aromatic heterocycles. The maximum atomic E-state index is 11.1. The molecule has 0 spiro atoms. The lowest BCUT2D eigenvalue weighted by molar-refractivity contribution is -0.120. The van der Waals surface area contributed by atoms with E-state index in [0.717, 1.165) is 19.4 Å². The first kappa shape index (κ1) is 11.8. The van der Waals surface area contributed by atoms with E-state index >= 15 is 0 Å². The van der Waals surface area contributed by atoms with E-state index in [2.05, 4.69) is 5.32 Å². The number of hydrogen-bond acceptors (Lipinski definition) is 2. The summed E-state index contributed by atoms with van der Waals surface area (Å²) < 4.78 is 5.54. The van der Waals surface area contributed by atoms with Gasteiger partial charge in [0, 0.05) is 13.2 Å². The van der Waals surface area contributed by atoms with Crippen molar-refractivity contribution >= 4 is 17.5 Å². The van der Waals surface area contributed by atoms with Crippen molar-refractivity contribution in [3.63, 3.8) is 0 Å². The van der Waals surface area contributed by atoms with Gasteiger partial charge in [-0.25, -0.2) is 0 Å². The summed E-state index contributed by atoms with van der Waals surface area (Å²) in [5, 5.41) is 2.34. The third kappa shape index (κ3) is 4.29. The molecule has 1 saturated heterocycles. The summed E-state index contributed by atoms with van der Waals surface area (Å²) in [5.41, 5.74) is 0. The molecular formula is C10H18ClNO2. The van der Waals surface area contributed by atoms with Gasteiger partial charge in [0.1, 0.15) is 5.38 Å². The Morgan fingerprint density at radius 2 is 2.43 bits per heavy atom. The van der Waals surface area contributed by atoms with E-state index < -0.39 is 5.38 Å². The van der Waals surface area contributed by atoms with Gasteiger partial charge < -0.3 is 10.1 Å². The van der Waals surface area contributed by atoms with E-state index in [0.29, 0.717) is 12.6 Å². The average Bonchev–Trinajstić information content (AvgIpc) is 2.19. The van der Waals surface area contributed by atoms with E-state index in [1.807, 2.05) is 0 Å². The zero-order chi connectivity index (χ0) is 10.4. The summed E-state index contributed by atoms with van der Waals surface area (Å²) in [6, 6.07) is 0. The second kappa shape index (κ2) is 6.25. The van der Waals surface area contributed by atoms with Crippen LogP contribution >= 0.6 is 11.6 Å². The highest BCUT2D eigenvalue weighted by Crippen LogP contribution is 2.14. The molecule has 1 aliphatic heterocycles. The largest absolute Gasteiger partial charge is 0.378 e. The quantitative estimate of drug-likeness (QED) is 0.731. The lowest BCUT2D eigenvalue weighted by atomic mass is 10.1. The van der Waals surface area contributed by atoms with Gasteiger partial charge in [0.2, 0.25) is 5.91 Å². The predicted molar refractivity (Wildman–Crippen MR) is 56.5 cm³/mol. The monoisotopic (exact) mass is 219 g/mol. The predicted octanol–water partition coefficient (Wildman–Crippen LogP) is 1.69. The Balaban J connectivity index is 2.05. The second-order valence-corrected chi connectivity index (χ2v) is 4.34. The van der Waals surface area contributed by atoms with E-state index in [-0.39, 0.29) is 5.91 Å². The van der Waals surface area contributed by atoms with Crippen molar-refractivity contribution in [2.75, 3.05) is 13.2 Å². The number of alkyl halides is 1. The summed E-state index contributed by atoms with van der Waals surface area (Å²) in [7, 11) is 0. The Labute approximate surface area is 90.1 Å². The van der Waals surface area contributed by atoms with Crippen LogP contribution in [0.2, 0.25) is 0 Å². The number of rotatable bonds is 4. The summed E-state index contributed by atoms with van der Waals surface area (Å²) in [6.45, 7) is 3.21. The van der Waals surface area contributed by atoms with Crippen LogP contribution < -0.4 is 5.32 Å². The van der Waals surface area contributed by atoms with Gasteiger partial charge in [-0.2, -0.15) is 0 Å². The Kier molecular flexibility index (Phi) is 5.26. The molecule has 82 valence electrons. The fraction of sp³-hybridized carbons (Fsp3) is 0.900. The first-order valence-corrected chi connectivity index (χ1v) is 5.67. The molecule has 2 unspecified atom stereocenters. The highest BCUT2D eigenvalue weighted by atomic mass is 35.5. The maximum Gasteiger partial charge on any atom is 0.237 e. The molecule has 0 aromatic rings. The zero-order valence-electron chi connectivity index (χ0n) is 8.59. The van der Waals surface area contributed by atoms with Crippen LogP contribution in [0.15, 0.2) is 0 Å². The molecule has 0 bridgehead atoms. The summed E-state index contributed by atoms with van der Waals surface area (Å²) in [6.07, 6.45) is 4.75. The van der Waals surface area contributed by atoms with Crippen molar-refractivity contribution < 1.29 is 9.53 Å². The molecule has 1 N–H and O–H groups in total. The van der Waals surface area contributed by atoms with Gasteiger partial charge in [-0.05, 0) is 32.6 Å². The topological polar surface area (TPSA) is 38.3 Å². The molecule has 1 amide bonds. The van der Waals surface area contributed by atoms with Gasteiger partial charge in [-0.3, -0.25) is 4.79 Å². The van der Waals surface area contributed by atoms with Crippen LogP contribution in [0.3, 0.4) is 0 Å². The number of amides is 1. The normalized spacial score (nSPS) is 24.3. The minimum atomic E-state index is -0.442. The van der Waals surface area contributed by atoms with Gasteiger partial charge in [0.05, 0.1) is 6.10 Å². The summed E-state index contributed by atoms with van der Waals surface area (Å²) in [5.74, 6) is -0.0949. The molecule has 0 aromatic carbocycles. The number of hydrogen-bond donors (Lipinski definition) is 1. The maximum absolute atomic E-state index is 11.1. The van der Waals surface area contributed by atoms with Crippen LogP contribution in [0.5, 0.6) is 0 Å². The van der Waals surface area contributed by atoms with Crippen LogP contribution in [-0.4, -0.2) is 30.5 Å². The number of carbonyl (C=O) groups is 1. The molecule has 14 heavy (non-hydrogen) atoms. The van der Waals surface area contributed by atoms with Crippen molar-refractivity contribution in [2.45, 2.75) is 44.1 Å². The third-order valence-electron chi connectivity index (χ3n) is 2.40. The molecule has 1 heterocycles. The molecule has 3 nitrogen and oxygen atoms in total. The van der Waals surface area contributed by atoms with Crippen LogP contribution in [0, 0.1) is 0 Å². The van der Waals surface area contributed by atoms with Crippen LogP contribution in [0.4, 0.5) is 0 Å². The molecule has 2 atom stereocenters. The van der Waals surface area contributed by atoms with E-state index in [9.17, 15) is 4.79 Å². The molecule has 0 radical (unpaired) electrons. The first-order valence-electron chi connectivity index (χ1n) is 5.23. The van der Waals surface area contributed by atoms with Gasteiger partial charge in [0.25, 0.3) is 0 Å². The lowest BCUT2D eigenvalue weighted by Gasteiger charge is -2.22. The van der Waals surface area contributed by atoms with Gasteiger partial charge in [0.15, 0.2) is 0 Å². The highest BCUT2D eigenvalue weighted by Gasteiger charge is 2.14. The van der Waals surface area contributed by atoms with Crippen molar-refractivity contribution in [1.82, 2.24) is 5.32 Å². The molecular weight excluding hydrogens is 202 g/mol. The lowest BCUT2D eigenvalue weighted by Crippen LogP contribution is -2.33. The third-order valence-corrected chi connectivity index (χ3v) is 2.60. The smallest absolute Gasteiger partial charge is 0.237 e. The summed E-state index contributed by atoms with van der Waals surface area (Å²) in [4.78, 5) is 11.1. The minimum Gasteiger partial charge on any atom is -0.378 e. The standard InChI is InChI=1S/C10H18ClNO2/c1-8(11)10(13)12-6-5-9-4-2-3-7-14-9/h8-9H,2-7H2,1H3,(H,12,13). The van der Waals surface area contributed by atoms with Crippen molar-refractivity contribution in [3.8, 4) is 0 Å². The van der Waals surface area contributed by atoms with Crippen molar-refractivity contribution in [2.24, 2.45) is 0 Å². The molecule has 0 saturated carbocycles. The Morgan fingerprint density at radius 3 is 3.00 bits per heavy atom. The Morgan fingerprint density at radius 1 is 1.64 bits per heavy atom. The first-order chi connectivity index (χ1) is 6.70. The van der Waals surface area contributed by atoms with Crippen molar-refractivity contribution in [1.29, 1.82) is 0 Å². The molecule has 4 heteroatoms. The molecule has 1 rings (SSSR count). The SMILES string of the molecule is CC(Cl)C(=O)NCCC1CCCCO1. The summed E-state index contributed by atoms with van der Waals surface area (Å²) >= 11 is 5.61. The second-order valence-electron chi connectivity index (χ2n) is 3.68.